The second-order valence-electron chi connectivity index (χ2n) is 6.86. The molecule has 0 spiro atoms. The monoisotopic (exact) mass is 362 g/mol. The zero-order chi connectivity index (χ0) is 18.4. The van der Waals surface area contributed by atoms with Gasteiger partial charge in [0.25, 0.3) is 5.91 Å². The number of nitrogens with one attached hydrogen (secondary N) is 1. The van der Waals surface area contributed by atoms with Crippen LogP contribution in [0.5, 0.6) is 5.75 Å². The Labute approximate surface area is 154 Å². The first-order chi connectivity index (χ1) is 13.2. The summed E-state index contributed by atoms with van der Waals surface area (Å²) in [5.74, 6) is 0.964. The van der Waals surface area contributed by atoms with Crippen molar-refractivity contribution in [2.45, 2.75) is 12.8 Å². The van der Waals surface area contributed by atoms with E-state index >= 15 is 0 Å². The summed E-state index contributed by atoms with van der Waals surface area (Å²) >= 11 is 0. The van der Waals surface area contributed by atoms with E-state index < -0.39 is 0 Å². The third-order valence-electron chi connectivity index (χ3n) is 4.66. The third kappa shape index (κ3) is 2.99. The predicted molar refractivity (Wildman–Crippen MR) is 99.9 cm³/mol. The van der Waals surface area contributed by atoms with Crippen molar-refractivity contribution >= 4 is 28.1 Å². The Balaban J connectivity index is 1.50. The number of rotatable bonds is 5. The lowest BCUT2D eigenvalue weighted by Gasteiger charge is -2.12. The average molecular weight is 362 g/mol. The molecule has 0 radical (unpaired) electrons. The summed E-state index contributed by atoms with van der Waals surface area (Å²) in [4.78, 5) is 17.1. The highest BCUT2D eigenvalue weighted by Crippen LogP contribution is 2.34. The molecule has 5 rings (SSSR count). The van der Waals surface area contributed by atoms with E-state index in [2.05, 4.69) is 20.5 Å². The van der Waals surface area contributed by atoms with Crippen LogP contribution in [-0.2, 0) is 7.05 Å². The number of nitrogens with zero attached hydrogens (tertiary/aromatic N) is 5. The van der Waals surface area contributed by atoms with Crippen LogP contribution in [0.3, 0.4) is 0 Å². The van der Waals surface area contributed by atoms with E-state index in [1.807, 2.05) is 25.4 Å². The molecule has 1 aliphatic rings. The van der Waals surface area contributed by atoms with Gasteiger partial charge in [-0.1, -0.05) is 0 Å². The van der Waals surface area contributed by atoms with Gasteiger partial charge in [-0.2, -0.15) is 10.2 Å². The maximum absolute atomic E-state index is 12.9. The van der Waals surface area contributed by atoms with E-state index in [4.69, 9.17) is 4.74 Å². The molecule has 1 N–H and O–H groups in total. The van der Waals surface area contributed by atoms with Gasteiger partial charge in [-0.3, -0.25) is 9.48 Å². The third-order valence-corrected chi connectivity index (χ3v) is 4.66. The van der Waals surface area contributed by atoms with Gasteiger partial charge in [0, 0.05) is 37.1 Å². The number of hydrogen-bond donors (Lipinski definition) is 1. The van der Waals surface area contributed by atoms with Crippen LogP contribution in [0.1, 0.15) is 23.2 Å². The van der Waals surface area contributed by atoms with Gasteiger partial charge in [0.1, 0.15) is 11.3 Å². The summed E-state index contributed by atoms with van der Waals surface area (Å²) in [5.41, 5.74) is 2.38. The molecule has 1 aromatic carbocycles. The number of ether oxygens (including phenoxy) is 1. The maximum atomic E-state index is 12.9. The second-order valence-corrected chi connectivity index (χ2v) is 6.86. The zero-order valence-corrected chi connectivity index (χ0v) is 14.8. The number of carbonyl (C=O) groups is 1. The van der Waals surface area contributed by atoms with Gasteiger partial charge >= 0.3 is 0 Å². The number of aromatic nitrogens is 5. The van der Waals surface area contributed by atoms with Crippen LogP contribution in [-0.4, -0.2) is 36.9 Å². The Kier molecular flexibility index (Phi) is 3.56. The minimum atomic E-state index is -0.275. The molecule has 136 valence electrons. The summed E-state index contributed by atoms with van der Waals surface area (Å²) in [6.07, 6.45) is 9.21. The van der Waals surface area contributed by atoms with Crippen molar-refractivity contribution in [3.05, 3.63) is 48.5 Å². The molecule has 8 heteroatoms. The lowest BCUT2D eigenvalue weighted by Crippen LogP contribution is -2.13. The smallest absolute Gasteiger partial charge is 0.261 e. The van der Waals surface area contributed by atoms with E-state index in [9.17, 15) is 4.79 Å². The second kappa shape index (κ2) is 6.08. The topological polar surface area (TPSA) is 86.3 Å². The fourth-order valence-electron chi connectivity index (χ4n) is 3.06. The van der Waals surface area contributed by atoms with Crippen molar-refractivity contribution in [2.75, 3.05) is 11.9 Å². The minimum absolute atomic E-state index is 0.275. The van der Waals surface area contributed by atoms with Crippen LogP contribution in [0.15, 0.2) is 43.0 Å². The van der Waals surface area contributed by atoms with Gasteiger partial charge < -0.3 is 10.1 Å². The first-order valence-corrected chi connectivity index (χ1v) is 8.87. The molecule has 0 bridgehead atoms. The molecule has 0 unspecified atom stereocenters. The van der Waals surface area contributed by atoms with Crippen LogP contribution in [0.2, 0.25) is 0 Å². The molecule has 27 heavy (non-hydrogen) atoms. The molecule has 1 amide bonds. The predicted octanol–water partition coefficient (Wildman–Crippen LogP) is 2.66. The summed E-state index contributed by atoms with van der Waals surface area (Å²) in [7, 11) is 1.87. The van der Waals surface area contributed by atoms with Crippen LogP contribution >= 0.6 is 0 Å². The largest absolute Gasteiger partial charge is 0.491 e. The molecular formula is C19H18N6O2. The zero-order valence-electron chi connectivity index (χ0n) is 14.8. The summed E-state index contributed by atoms with van der Waals surface area (Å²) in [6, 6.07) is 5.53. The first kappa shape index (κ1) is 15.8. The van der Waals surface area contributed by atoms with Crippen LogP contribution in [0.25, 0.3) is 16.6 Å². The average Bonchev–Trinajstić information content (AvgIpc) is 3.27. The van der Waals surface area contributed by atoms with Crippen molar-refractivity contribution in [1.82, 2.24) is 24.4 Å². The summed E-state index contributed by atoms with van der Waals surface area (Å²) in [6.45, 7) is 0.652. The fourth-order valence-corrected chi connectivity index (χ4v) is 3.06. The standard InChI is InChI=1S/C19H18N6O2/c1-24-10-13-7-16(17(8-15(13)23-24)27-11-12-3-4-12)22-19(26)14-9-21-25-6-2-5-20-18(14)25/h2,5-10,12H,3-4,11H2,1H3,(H,22,26). The van der Waals surface area contributed by atoms with Gasteiger partial charge in [0.2, 0.25) is 0 Å². The SMILES string of the molecule is Cn1cc2cc(NC(=O)c3cnn4cccnc34)c(OCC3CC3)cc2n1. The Morgan fingerprint density at radius 3 is 3.11 bits per heavy atom. The van der Waals surface area contributed by atoms with Gasteiger partial charge in [-0.05, 0) is 30.9 Å². The van der Waals surface area contributed by atoms with E-state index in [-0.39, 0.29) is 5.91 Å². The van der Waals surface area contributed by atoms with Crippen molar-refractivity contribution in [3.8, 4) is 5.75 Å². The van der Waals surface area contributed by atoms with Gasteiger partial charge in [0.15, 0.2) is 5.65 Å². The van der Waals surface area contributed by atoms with Gasteiger partial charge in [-0.15, -0.1) is 0 Å². The number of aryl methyl sites for hydroxylation is 1. The van der Waals surface area contributed by atoms with Crippen LogP contribution < -0.4 is 10.1 Å². The Morgan fingerprint density at radius 2 is 2.26 bits per heavy atom. The molecule has 0 saturated heterocycles. The van der Waals surface area contributed by atoms with Crippen LogP contribution in [0, 0.1) is 5.92 Å². The highest BCUT2D eigenvalue weighted by atomic mass is 16.5. The van der Waals surface area contributed by atoms with Crippen molar-refractivity contribution in [1.29, 1.82) is 0 Å². The van der Waals surface area contributed by atoms with E-state index in [0.29, 0.717) is 35.2 Å². The van der Waals surface area contributed by atoms with Gasteiger partial charge in [0.05, 0.1) is 24.0 Å². The molecule has 4 aromatic rings. The van der Waals surface area contributed by atoms with E-state index in [0.717, 1.165) is 10.9 Å². The quantitative estimate of drug-likeness (QED) is 0.590. The van der Waals surface area contributed by atoms with E-state index in [1.54, 1.807) is 27.7 Å². The molecule has 8 nitrogen and oxygen atoms in total. The Morgan fingerprint density at radius 1 is 1.37 bits per heavy atom. The van der Waals surface area contributed by atoms with Gasteiger partial charge in [-0.25, -0.2) is 9.50 Å². The lowest BCUT2D eigenvalue weighted by molar-refractivity contribution is 0.102. The Bertz CT molecular complexity index is 1160. The molecule has 1 fully saturated rings. The highest BCUT2D eigenvalue weighted by Gasteiger charge is 2.23. The van der Waals surface area contributed by atoms with Crippen molar-refractivity contribution in [2.24, 2.45) is 13.0 Å². The molecule has 0 atom stereocenters. The molecule has 1 saturated carbocycles. The maximum Gasteiger partial charge on any atom is 0.261 e. The summed E-state index contributed by atoms with van der Waals surface area (Å²) < 4.78 is 9.30. The number of amides is 1. The summed E-state index contributed by atoms with van der Waals surface area (Å²) in [5, 5.41) is 12.5. The number of hydrogen-bond acceptors (Lipinski definition) is 5. The number of fused-ring (bicyclic) bond motifs is 2. The van der Waals surface area contributed by atoms with Crippen molar-refractivity contribution in [3.63, 3.8) is 0 Å². The normalized spacial score (nSPS) is 14.0. The Hall–Kier alpha value is -3.42. The minimum Gasteiger partial charge on any atom is -0.491 e. The molecular weight excluding hydrogens is 344 g/mol. The van der Waals surface area contributed by atoms with E-state index in [1.165, 1.54) is 19.0 Å². The first-order valence-electron chi connectivity index (χ1n) is 8.87. The molecule has 0 aliphatic heterocycles. The van der Waals surface area contributed by atoms with Crippen LogP contribution in [0.4, 0.5) is 5.69 Å². The number of carbonyl (C=O) groups excluding carboxylic acids is 1. The fraction of sp³-hybridized carbons (Fsp3) is 0.263. The molecule has 3 aromatic heterocycles. The molecule has 1 aliphatic carbocycles. The number of benzene rings is 1. The molecule has 3 heterocycles. The highest BCUT2D eigenvalue weighted by molar-refractivity contribution is 6.09. The lowest BCUT2D eigenvalue weighted by atomic mass is 10.2. The van der Waals surface area contributed by atoms with Crippen molar-refractivity contribution < 1.29 is 9.53 Å². The number of anilines is 1.